The van der Waals surface area contributed by atoms with Gasteiger partial charge >= 0.3 is 0 Å². The summed E-state index contributed by atoms with van der Waals surface area (Å²) in [5, 5.41) is 8.21. The van der Waals surface area contributed by atoms with E-state index < -0.39 is 0 Å². The number of hydrogen-bond acceptors (Lipinski definition) is 5. The van der Waals surface area contributed by atoms with Gasteiger partial charge in [-0.2, -0.15) is 0 Å². The minimum atomic E-state index is 0.00322. The Morgan fingerprint density at radius 3 is 2.30 bits per heavy atom. The van der Waals surface area contributed by atoms with E-state index in [1.807, 2.05) is 11.7 Å². The average molecular weight is 345 g/mol. The Bertz CT molecular complexity index is 417. The van der Waals surface area contributed by atoms with Crippen molar-refractivity contribution < 1.29 is 0 Å². The Kier molecular flexibility index (Phi) is 5.17. The van der Waals surface area contributed by atoms with Crippen molar-refractivity contribution in [1.82, 2.24) is 25.3 Å². The number of hydrogen-bond donors (Lipinski definition) is 2. The molecule has 1 atom stereocenters. The molecular weight excluding hydrogens is 320 g/mol. The van der Waals surface area contributed by atoms with Gasteiger partial charge < -0.3 is 4.90 Å². The highest BCUT2D eigenvalue weighted by Gasteiger charge is 2.43. The third kappa shape index (κ3) is 2.77. The summed E-state index contributed by atoms with van der Waals surface area (Å²) in [7, 11) is 6.21. The lowest BCUT2D eigenvalue weighted by molar-refractivity contribution is 0.0762. The van der Waals surface area contributed by atoms with Crippen LogP contribution in [0.2, 0.25) is 0 Å². The Hall–Kier alpha value is -0.500. The third-order valence-corrected chi connectivity index (χ3v) is 5.23. The zero-order chi connectivity index (χ0) is 14.8. The van der Waals surface area contributed by atoms with Crippen molar-refractivity contribution in [3.8, 4) is 0 Å². The number of aryl methyl sites for hydroxylation is 1. The van der Waals surface area contributed by atoms with E-state index >= 15 is 0 Å². The van der Waals surface area contributed by atoms with E-state index in [0.29, 0.717) is 0 Å². The highest BCUT2D eigenvalue weighted by atomic mass is 79.9. The van der Waals surface area contributed by atoms with E-state index in [4.69, 9.17) is 5.84 Å². The van der Waals surface area contributed by atoms with Crippen molar-refractivity contribution >= 4 is 15.9 Å². The van der Waals surface area contributed by atoms with E-state index in [1.54, 1.807) is 0 Å². The second kappa shape index (κ2) is 6.51. The lowest BCUT2D eigenvalue weighted by Crippen LogP contribution is -2.55. The quantitative estimate of drug-likeness (QED) is 0.494. The molecule has 1 aliphatic carbocycles. The molecule has 0 amide bonds. The molecule has 3 N–H and O–H groups in total. The van der Waals surface area contributed by atoms with Crippen LogP contribution in [0.5, 0.6) is 0 Å². The molecular formula is C13H25BrN6. The molecule has 1 unspecified atom stereocenters. The summed E-state index contributed by atoms with van der Waals surface area (Å²) in [4.78, 5) is 2.32. The largest absolute Gasteiger partial charge is 0.302 e. The molecule has 1 heterocycles. The van der Waals surface area contributed by atoms with Gasteiger partial charge in [0, 0.05) is 12.6 Å². The predicted molar refractivity (Wildman–Crippen MR) is 82.9 cm³/mol. The number of nitrogens with two attached hydrogens (primary N) is 1. The van der Waals surface area contributed by atoms with Gasteiger partial charge in [-0.05, 0) is 42.9 Å². The van der Waals surface area contributed by atoms with Crippen LogP contribution in [0.15, 0.2) is 4.60 Å². The lowest BCUT2D eigenvalue weighted by atomic mass is 9.80. The van der Waals surface area contributed by atoms with Crippen LogP contribution in [0.1, 0.15) is 50.3 Å². The molecule has 0 spiro atoms. The average Bonchev–Trinajstić information content (AvgIpc) is 2.65. The molecule has 2 rings (SSSR count). The Morgan fingerprint density at radius 1 is 1.30 bits per heavy atom. The van der Waals surface area contributed by atoms with E-state index in [2.05, 4.69) is 50.7 Å². The van der Waals surface area contributed by atoms with Crippen LogP contribution in [-0.4, -0.2) is 39.5 Å². The molecule has 20 heavy (non-hydrogen) atoms. The first-order valence-corrected chi connectivity index (χ1v) is 8.01. The SMILES string of the molecule is CN(C)C1(C(NN)c2c(Br)nnn2C)CCCCCC1. The first kappa shape index (κ1) is 15.9. The molecule has 114 valence electrons. The topological polar surface area (TPSA) is 72.0 Å². The number of nitrogens with zero attached hydrogens (tertiary/aromatic N) is 4. The van der Waals surface area contributed by atoms with Gasteiger partial charge in [0.2, 0.25) is 0 Å². The van der Waals surface area contributed by atoms with Crippen LogP contribution < -0.4 is 11.3 Å². The monoisotopic (exact) mass is 344 g/mol. The Labute approximate surface area is 129 Å². The zero-order valence-corrected chi connectivity index (χ0v) is 14.2. The maximum Gasteiger partial charge on any atom is 0.153 e. The van der Waals surface area contributed by atoms with Gasteiger partial charge in [0.15, 0.2) is 4.60 Å². The maximum atomic E-state index is 5.94. The summed E-state index contributed by atoms with van der Waals surface area (Å²) in [6, 6.07) is 0.00461. The third-order valence-electron chi connectivity index (χ3n) is 4.66. The fourth-order valence-electron chi connectivity index (χ4n) is 3.47. The summed E-state index contributed by atoms with van der Waals surface area (Å²) in [5.74, 6) is 5.94. The minimum absolute atomic E-state index is 0.00322. The standard InChI is InChI=1S/C13H25BrN6/c1-19(2)13(8-6-4-5-7-9-13)11(16-15)10-12(14)17-18-20(10)3/h11,16H,4-9,15H2,1-3H3. The molecule has 6 nitrogen and oxygen atoms in total. The maximum absolute atomic E-state index is 5.94. The summed E-state index contributed by atoms with van der Waals surface area (Å²) in [6.45, 7) is 0. The number of hydrazine groups is 1. The van der Waals surface area contributed by atoms with Crippen LogP contribution in [0.3, 0.4) is 0 Å². The molecule has 1 saturated carbocycles. The number of halogens is 1. The van der Waals surface area contributed by atoms with Gasteiger partial charge in [-0.25, -0.2) is 10.1 Å². The van der Waals surface area contributed by atoms with Crippen molar-refractivity contribution in [3.63, 3.8) is 0 Å². The van der Waals surface area contributed by atoms with E-state index in [-0.39, 0.29) is 11.6 Å². The molecule has 1 aliphatic rings. The number of likely N-dealkylation sites (N-methyl/N-ethyl adjacent to an activating group) is 1. The van der Waals surface area contributed by atoms with Gasteiger partial charge in [-0.1, -0.05) is 30.9 Å². The number of rotatable bonds is 4. The van der Waals surface area contributed by atoms with Crippen molar-refractivity contribution in [3.05, 3.63) is 10.3 Å². The Balaban J connectivity index is 2.44. The van der Waals surface area contributed by atoms with Crippen molar-refractivity contribution in [2.24, 2.45) is 12.9 Å². The van der Waals surface area contributed by atoms with Gasteiger partial charge in [0.05, 0.1) is 11.7 Å². The van der Waals surface area contributed by atoms with Crippen molar-refractivity contribution in [2.75, 3.05) is 14.1 Å². The fraction of sp³-hybridized carbons (Fsp3) is 0.846. The smallest absolute Gasteiger partial charge is 0.153 e. The number of nitrogens with one attached hydrogen (secondary N) is 1. The molecule has 7 heteroatoms. The molecule has 0 saturated heterocycles. The second-order valence-corrected chi connectivity index (χ2v) is 6.65. The van der Waals surface area contributed by atoms with Crippen LogP contribution in [0, 0.1) is 0 Å². The summed E-state index contributed by atoms with van der Waals surface area (Å²) < 4.78 is 2.58. The molecule has 0 aromatic carbocycles. The molecule has 1 aromatic rings. The summed E-state index contributed by atoms with van der Waals surface area (Å²) in [6.07, 6.45) is 7.34. The van der Waals surface area contributed by atoms with Crippen LogP contribution >= 0.6 is 15.9 Å². The molecule has 1 aromatic heterocycles. The summed E-state index contributed by atoms with van der Waals surface area (Å²) >= 11 is 3.51. The lowest BCUT2D eigenvalue weighted by Gasteiger charge is -2.45. The van der Waals surface area contributed by atoms with Gasteiger partial charge in [0.25, 0.3) is 0 Å². The second-order valence-electron chi connectivity index (χ2n) is 5.90. The first-order chi connectivity index (χ1) is 9.53. The van der Waals surface area contributed by atoms with Crippen molar-refractivity contribution in [1.29, 1.82) is 0 Å². The highest BCUT2D eigenvalue weighted by molar-refractivity contribution is 9.10. The minimum Gasteiger partial charge on any atom is -0.302 e. The van der Waals surface area contributed by atoms with Crippen LogP contribution in [-0.2, 0) is 7.05 Å². The Morgan fingerprint density at radius 2 is 1.90 bits per heavy atom. The van der Waals surface area contributed by atoms with Gasteiger partial charge in [0.1, 0.15) is 0 Å². The van der Waals surface area contributed by atoms with Crippen LogP contribution in [0.4, 0.5) is 0 Å². The fourth-order valence-corrected chi connectivity index (χ4v) is 4.03. The van der Waals surface area contributed by atoms with Gasteiger partial charge in [-0.15, -0.1) is 5.10 Å². The van der Waals surface area contributed by atoms with Crippen LogP contribution in [0.25, 0.3) is 0 Å². The highest BCUT2D eigenvalue weighted by Crippen LogP contribution is 2.41. The van der Waals surface area contributed by atoms with E-state index in [0.717, 1.165) is 23.1 Å². The van der Waals surface area contributed by atoms with E-state index in [1.165, 1.54) is 25.7 Å². The normalized spacial score (nSPS) is 20.9. The molecule has 1 fully saturated rings. The van der Waals surface area contributed by atoms with Gasteiger partial charge in [-0.3, -0.25) is 5.84 Å². The first-order valence-electron chi connectivity index (χ1n) is 7.21. The van der Waals surface area contributed by atoms with E-state index in [9.17, 15) is 0 Å². The summed E-state index contributed by atoms with van der Waals surface area (Å²) in [5.41, 5.74) is 4.05. The molecule has 0 radical (unpaired) electrons. The number of aromatic nitrogens is 3. The molecule has 0 aliphatic heterocycles. The van der Waals surface area contributed by atoms with Crippen molar-refractivity contribution in [2.45, 2.75) is 50.1 Å². The molecule has 0 bridgehead atoms. The predicted octanol–water partition coefficient (Wildman–Crippen LogP) is 1.74. The zero-order valence-electron chi connectivity index (χ0n) is 12.6.